The van der Waals surface area contributed by atoms with Crippen LogP contribution in [0, 0.1) is 17.8 Å². The van der Waals surface area contributed by atoms with E-state index in [9.17, 15) is 13.2 Å². The van der Waals surface area contributed by atoms with E-state index in [1.54, 1.807) is 6.07 Å². The van der Waals surface area contributed by atoms with Crippen molar-refractivity contribution in [2.45, 2.75) is 38.5 Å². The van der Waals surface area contributed by atoms with E-state index in [1.807, 2.05) is 0 Å². The summed E-state index contributed by atoms with van der Waals surface area (Å²) in [6.45, 7) is 0.967. The van der Waals surface area contributed by atoms with Crippen LogP contribution in [0.4, 0.5) is 13.2 Å². The minimum absolute atomic E-state index is 0.276. The van der Waals surface area contributed by atoms with E-state index in [0.717, 1.165) is 17.9 Å². The van der Waals surface area contributed by atoms with Gasteiger partial charge in [-0.25, -0.2) is 0 Å². The largest absolute Gasteiger partial charge is 0.416 e. The molecule has 2 fully saturated rings. The second kappa shape index (κ2) is 5.40. The third-order valence-corrected chi connectivity index (χ3v) is 4.74. The summed E-state index contributed by atoms with van der Waals surface area (Å²) in [5, 5.41) is 0. The second-order valence-corrected chi connectivity index (χ2v) is 6.15. The third kappa shape index (κ3) is 3.00. The highest BCUT2D eigenvalue weighted by Crippen LogP contribution is 2.48. The Bertz CT molecular complexity index is 469. The molecule has 0 aliphatic heterocycles. The summed E-state index contributed by atoms with van der Waals surface area (Å²) in [6, 6.07) is 5.41. The third-order valence-electron chi connectivity index (χ3n) is 4.74. The normalized spacial score (nSPS) is 29.1. The highest BCUT2D eigenvalue weighted by atomic mass is 19.4. The van der Waals surface area contributed by atoms with Gasteiger partial charge in [-0.2, -0.15) is 13.2 Å². The lowest BCUT2D eigenvalue weighted by molar-refractivity contribution is -0.137. The molecule has 2 unspecified atom stereocenters. The molecule has 1 aromatic rings. The lowest BCUT2D eigenvalue weighted by Crippen LogP contribution is -2.16. The highest BCUT2D eigenvalue weighted by molar-refractivity contribution is 5.25. The van der Waals surface area contributed by atoms with Crippen molar-refractivity contribution in [1.29, 1.82) is 0 Å². The van der Waals surface area contributed by atoms with Crippen molar-refractivity contribution in [1.82, 2.24) is 0 Å². The summed E-state index contributed by atoms with van der Waals surface area (Å²) in [4.78, 5) is 0. The molecule has 20 heavy (non-hydrogen) atoms. The number of hydrogen-bond donors (Lipinski definition) is 0. The van der Waals surface area contributed by atoms with Gasteiger partial charge in [-0.05, 0) is 54.7 Å². The van der Waals surface area contributed by atoms with Crippen molar-refractivity contribution >= 4 is 0 Å². The fourth-order valence-electron chi connectivity index (χ4n) is 3.75. The minimum atomic E-state index is -4.28. The minimum Gasteiger partial charge on any atom is -0.376 e. The summed E-state index contributed by atoms with van der Waals surface area (Å²) in [6.07, 6.45) is 0.961. The van der Waals surface area contributed by atoms with E-state index >= 15 is 0 Å². The van der Waals surface area contributed by atoms with Gasteiger partial charge in [0.1, 0.15) is 0 Å². The average molecular weight is 284 g/mol. The van der Waals surface area contributed by atoms with Crippen molar-refractivity contribution < 1.29 is 17.9 Å². The van der Waals surface area contributed by atoms with E-state index in [0.29, 0.717) is 18.1 Å². The first-order chi connectivity index (χ1) is 9.52. The van der Waals surface area contributed by atoms with E-state index in [1.165, 1.54) is 37.8 Å². The number of ether oxygens (including phenoxy) is 1. The molecule has 110 valence electrons. The SMILES string of the molecule is FC(F)(F)c1cccc(COC[C@H]2CC3CCC2C3)c1. The van der Waals surface area contributed by atoms with Gasteiger partial charge in [0, 0.05) is 0 Å². The van der Waals surface area contributed by atoms with Crippen LogP contribution in [-0.4, -0.2) is 6.61 Å². The van der Waals surface area contributed by atoms with Gasteiger partial charge < -0.3 is 4.74 Å². The van der Waals surface area contributed by atoms with Crippen LogP contribution in [0.2, 0.25) is 0 Å². The van der Waals surface area contributed by atoms with Gasteiger partial charge in [-0.3, -0.25) is 0 Å². The Kier molecular flexibility index (Phi) is 3.76. The van der Waals surface area contributed by atoms with Gasteiger partial charge in [-0.15, -0.1) is 0 Å². The lowest BCUT2D eigenvalue weighted by atomic mass is 9.89. The van der Waals surface area contributed by atoms with Crippen LogP contribution < -0.4 is 0 Å². The Morgan fingerprint density at radius 3 is 2.65 bits per heavy atom. The van der Waals surface area contributed by atoms with Gasteiger partial charge in [0.2, 0.25) is 0 Å². The number of benzene rings is 1. The standard InChI is InChI=1S/C16H19F3O/c17-16(18,19)15-3-1-2-12(8-15)9-20-10-14-7-11-4-5-13(14)6-11/h1-3,8,11,13-14H,4-7,9-10H2/t11?,13?,14-/m1/s1. The Morgan fingerprint density at radius 1 is 1.15 bits per heavy atom. The predicted molar refractivity (Wildman–Crippen MR) is 70.0 cm³/mol. The Hall–Kier alpha value is -1.03. The Morgan fingerprint density at radius 2 is 2.00 bits per heavy atom. The number of hydrogen-bond acceptors (Lipinski definition) is 1. The molecule has 2 aliphatic carbocycles. The number of alkyl halides is 3. The number of fused-ring (bicyclic) bond motifs is 2. The molecule has 3 rings (SSSR count). The molecule has 2 aliphatic rings. The number of halogens is 3. The molecule has 2 saturated carbocycles. The Labute approximate surface area is 117 Å². The molecule has 0 spiro atoms. The van der Waals surface area contributed by atoms with Crippen LogP contribution in [0.25, 0.3) is 0 Å². The van der Waals surface area contributed by atoms with E-state index < -0.39 is 11.7 Å². The van der Waals surface area contributed by atoms with Crippen LogP contribution in [0.15, 0.2) is 24.3 Å². The second-order valence-electron chi connectivity index (χ2n) is 6.15. The highest BCUT2D eigenvalue weighted by Gasteiger charge is 2.39. The molecule has 0 aromatic heterocycles. The molecule has 0 radical (unpaired) electrons. The summed E-state index contributed by atoms with van der Waals surface area (Å²) in [7, 11) is 0. The molecule has 1 nitrogen and oxygen atoms in total. The van der Waals surface area contributed by atoms with E-state index in [2.05, 4.69) is 0 Å². The van der Waals surface area contributed by atoms with E-state index in [4.69, 9.17) is 4.74 Å². The summed E-state index contributed by atoms with van der Waals surface area (Å²) >= 11 is 0. The van der Waals surface area contributed by atoms with Crippen molar-refractivity contribution in [3.63, 3.8) is 0 Å². The van der Waals surface area contributed by atoms with Gasteiger partial charge in [0.25, 0.3) is 0 Å². The molecular weight excluding hydrogens is 265 g/mol. The van der Waals surface area contributed by atoms with Crippen molar-refractivity contribution in [3.8, 4) is 0 Å². The molecule has 0 heterocycles. The first-order valence-electron chi connectivity index (χ1n) is 7.26. The monoisotopic (exact) mass is 284 g/mol. The van der Waals surface area contributed by atoms with Crippen LogP contribution in [0.3, 0.4) is 0 Å². The zero-order valence-corrected chi connectivity index (χ0v) is 11.3. The molecule has 1 aromatic carbocycles. The molecule has 0 saturated heterocycles. The van der Waals surface area contributed by atoms with Gasteiger partial charge in [0.05, 0.1) is 18.8 Å². The average Bonchev–Trinajstić information content (AvgIpc) is 3.00. The fraction of sp³-hybridized carbons (Fsp3) is 0.625. The molecule has 0 amide bonds. The first kappa shape index (κ1) is 13.9. The van der Waals surface area contributed by atoms with Gasteiger partial charge in [0.15, 0.2) is 0 Å². The number of rotatable bonds is 4. The smallest absolute Gasteiger partial charge is 0.376 e. The maximum Gasteiger partial charge on any atom is 0.416 e. The molecular formula is C16H19F3O. The van der Waals surface area contributed by atoms with Crippen LogP contribution in [-0.2, 0) is 17.5 Å². The quantitative estimate of drug-likeness (QED) is 0.781. The van der Waals surface area contributed by atoms with Gasteiger partial charge in [-0.1, -0.05) is 18.6 Å². The first-order valence-corrected chi connectivity index (χ1v) is 7.26. The Balaban J connectivity index is 1.51. The van der Waals surface area contributed by atoms with Crippen molar-refractivity contribution in [2.24, 2.45) is 17.8 Å². The zero-order valence-electron chi connectivity index (χ0n) is 11.3. The van der Waals surface area contributed by atoms with Gasteiger partial charge >= 0.3 is 6.18 Å². The fourth-order valence-corrected chi connectivity index (χ4v) is 3.75. The molecule has 2 bridgehead atoms. The van der Waals surface area contributed by atoms with Crippen LogP contribution >= 0.6 is 0 Å². The summed E-state index contributed by atoms with van der Waals surface area (Å²) in [5.41, 5.74) is 0.00139. The zero-order chi connectivity index (χ0) is 14.2. The summed E-state index contributed by atoms with van der Waals surface area (Å²) < 4.78 is 43.4. The van der Waals surface area contributed by atoms with Crippen molar-refractivity contribution in [3.05, 3.63) is 35.4 Å². The maximum atomic E-state index is 12.6. The van der Waals surface area contributed by atoms with Crippen molar-refractivity contribution in [2.75, 3.05) is 6.61 Å². The molecule has 3 atom stereocenters. The maximum absolute atomic E-state index is 12.6. The summed E-state index contributed by atoms with van der Waals surface area (Å²) in [5.74, 6) is 2.29. The van der Waals surface area contributed by atoms with Crippen LogP contribution in [0.1, 0.15) is 36.8 Å². The predicted octanol–water partition coefficient (Wildman–Crippen LogP) is 4.66. The van der Waals surface area contributed by atoms with Crippen LogP contribution in [0.5, 0.6) is 0 Å². The molecule has 0 N–H and O–H groups in total. The van der Waals surface area contributed by atoms with E-state index in [-0.39, 0.29) is 6.61 Å². The topological polar surface area (TPSA) is 9.23 Å². The molecule has 4 heteroatoms. The lowest BCUT2D eigenvalue weighted by Gasteiger charge is -2.21.